The molecule has 3 heteroatoms. The Morgan fingerprint density at radius 3 is 1.35 bits per heavy atom. The van der Waals surface area contributed by atoms with Crippen LogP contribution in [-0.2, 0) is 22.3 Å². The Hall–Kier alpha value is -0.357. The average molecular weight is 340 g/mol. The maximum absolute atomic E-state index is 5.84. The third-order valence-corrected chi connectivity index (χ3v) is 5.20. The molecule has 84 valence electrons. The van der Waals surface area contributed by atoms with E-state index in [9.17, 15) is 0 Å². The minimum absolute atomic E-state index is 0.623. The third kappa shape index (κ3) is 4.43. The van der Waals surface area contributed by atoms with Gasteiger partial charge in [-0.05, 0) is 0 Å². The van der Waals surface area contributed by atoms with Crippen molar-refractivity contribution in [1.82, 2.24) is 0 Å². The van der Waals surface area contributed by atoms with Gasteiger partial charge in [-0.2, -0.15) is 0 Å². The van der Waals surface area contributed by atoms with Crippen LogP contribution in [0.15, 0.2) is 48.5 Å². The molecule has 2 aromatic carbocycles. The first-order valence-corrected chi connectivity index (χ1v) is 8.77. The Kier molecular flexibility index (Phi) is 5.04. The van der Waals surface area contributed by atoms with E-state index in [4.69, 9.17) is 23.2 Å². The van der Waals surface area contributed by atoms with Crippen LogP contribution in [0.5, 0.6) is 0 Å². The van der Waals surface area contributed by atoms with Crippen LogP contribution in [0.2, 0.25) is 10.0 Å². The van der Waals surface area contributed by atoms with Crippen LogP contribution < -0.4 is 0 Å². The molecule has 0 amide bonds. The molecule has 0 aromatic heterocycles. The van der Waals surface area contributed by atoms with Crippen molar-refractivity contribution >= 4 is 30.6 Å². The summed E-state index contributed by atoms with van der Waals surface area (Å²) in [5, 5.41) is 1.57. The van der Waals surface area contributed by atoms with E-state index < -0.39 is 22.3 Å². The zero-order valence-electron chi connectivity index (χ0n) is 9.03. The number of hydrogen-bond acceptors (Lipinski definition) is 0. The predicted octanol–water partition coefficient (Wildman–Crippen LogP) is 4.08. The molecule has 0 N–H and O–H groups in total. The number of rotatable bonds is 2. The van der Waals surface area contributed by atoms with Crippen molar-refractivity contribution in [3.05, 3.63) is 69.7 Å². The Morgan fingerprint density at radius 2 is 1.00 bits per heavy atom. The van der Waals surface area contributed by atoms with E-state index in [1.54, 1.807) is 0 Å². The van der Waals surface area contributed by atoms with Gasteiger partial charge in [0.2, 0.25) is 0 Å². The van der Waals surface area contributed by atoms with Crippen molar-refractivity contribution in [3.63, 3.8) is 0 Å². The van der Waals surface area contributed by atoms with Crippen LogP contribution in [0.4, 0.5) is 0 Å². The number of halogens is 2. The van der Waals surface area contributed by atoms with Crippen molar-refractivity contribution in [2.45, 2.75) is 0 Å². The summed E-state index contributed by atoms with van der Waals surface area (Å²) in [6.07, 6.45) is 0. The molecule has 0 saturated heterocycles. The first-order chi connectivity index (χ1) is 8.24. The average Bonchev–Trinajstić information content (AvgIpc) is 2.34. The molecule has 0 unspecified atom stereocenters. The van der Waals surface area contributed by atoms with Crippen LogP contribution in [-0.4, -0.2) is 7.42 Å². The summed E-state index contributed by atoms with van der Waals surface area (Å²) in [5.74, 6) is 0. The molecular formula is C14H10Cl2Zr. The van der Waals surface area contributed by atoms with E-state index >= 15 is 0 Å². The van der Waals surface area contributed by atoms with Gasteiger partial charge in [0.05, 0.1) is 0 Å². The molecule has 0 nitrogen and oxygen atoms in total. The van der Waals surface area contributed by atoms with Gasteiger partial charge in [0.15, 0.2) is 0 Å². The monoisotopic (exact) mass is 338 g/mol. The van der Waals surface area contributed by atoms with Gasteiger partial charge in [-0.25, -0.2) is 0 Å². The molecule has 0 aliphatic rings. The van der Waals surface area contributed by atoms with Crippen LogP contribution in [0.3, 0.4) is 0 Å². The number of hydrogen-bond donors (Lipinski definition) is 0. The zero-order valence-corrected chi connectivity index (χ0v) is 13.0. The van der Waals surface area contributed by atoms with Crippen molar-refractivity contribution in [2.24, 2.45) is 0 Å². The summed E-state index contributed by atoms with van der Waals surface area (Å²) < 4.78 is 4.66. The SMILES string of the molecule is Clc1ccc([CH]=[Zr]=[CH]c2ccc(Cl)cc2)cc1. The molecule has 0 spiro atoms. The second kappa shape index (κ2) is 6.54. The summed E-state index contributed by atoms with van der Waals surface area (Å²) in [4.78, 5) is 0. The third-order valence-electron chi connectivity index (χ3n) is 2.24. The van der Waals surface area contributed by atoms with Crippen LogP contribution >= 0.6 is 23.2 Å². The van der Waals surface area contributed by atoms with E-state index in [0.29, 0.717) is 0 Å². The van der Waals surface area contributed by atoms with Crippen molar-refractivity contribution < 1.29 is 22.3 Å². The Morgan fingerprint density at radius 1 is 0.647 bits per heavy atom. The molecule has 0 aliphatic carbocycles. The zero-order chi connectivity index (χ0) is 12.1. The van der Waals surface area contributed by atoms with Crippen LogP contribution in [0.1, 0.15) is 11.1 Å². The van der Waals surface area contributed by atoms with Crippen molar-refractivity contribution in [1.29, 1.82) is 0 Å². The molecule has 0 bridgehead atoms. The fourth-order valence-corrected chi connectivity index (χ4v) is 3.70. The van der Waals surface area contributed by atoms with Gasteiger partial charge in [0, 0.05) is 0 Å². The first-order valence-electron chi connectivity index (χ1n) is 5.18. The fraction of sp³-hybridized carbons (Fsp3) is 0. The second-order valence-corrected chi connectivity index (χ2v) is 6.67. The summed E-state index contributed by atoms with van der Waals surface area (Å²) in [7, 11) is 0. The number of benzene rings is 2. The molecule has 0 aliphatic heterocycles. The Bertz CT molecular complexity index is 500. The maximum atomic E-state index is 5.84. The minimum atomic E-state index is -0.623. The molecule has 0 radical (unpaired) electrons. The van der Waals surface area contributed by atoms with E-state index in [1.165, 1.54) is 11.1 Å². The second-order valence-electron chi connectivity index (χ2n) is 3.56. The predicted molar refractivity (Wildman–Crippen MR) is 73.2 cm³/mol. The van der Waals surface area contributed by atoms with E-state index in [0.717, 1.165) is 10.0 Å². The van der Waals surface area contributed by atoms with E-state index in [2.05, 4.69) is 31.7 Å². The summed E-state index contributed by atoms with van der Waals surface area (Å²) in [5.41, 5.74) is 2.51. The van der Waals surface area contributed by atoms with Gasteiger partial charge in [0.1, 0.15) is 0 Å². The van der Waals surface area contributed by atoms with Crippen LogP contribution in [0.25, 0.3) is 0 Å². The molecule has 2 aromatic rings. The van der Waals surface area contributed by atoms with Crippen molar-refractivity contribution in [2.75, 3.05) is 0 Å². The Balaban J connectivity index is 2.14. The summed E-state index contributed by atoms with van der Waals surface area (Å²) >= 11 is 11.0. The van der Waals surface area contributed by atoms with E-state index in [1.807, 2.05) is 24.3 Å². The molecule has 0 fully saturated rings. The molecular weight excluding hydrogens is 330 g/mol. The molecule has 0 saturated carbocycles. The summed E-state index contributed by atoms with van der Waals surface area (Å²) in [6.45, 7) is 0. The van der Waals surface area contributed by atoms with Gasteiger partial charge in [-0.15, -0.1) is 0 Å². The Labute approximate surface area is 122 Å². The van der Waals surface area contributed by atoms with Gasteiger partial charge >= 0.3 is 123 Å². The standard InChI is InChI=1S/2C7H5Cl.Zr/c2*1-6-2-4-7(8)5-3-6;/h2*1-5H;. The molecule has 0 atom stereocenters. The van der Waals surface area contributed by atoms with Crippen molar-refractivity contribution in [3.8, 4) is 0 Å². The van der Waals surface area contributed by atoms with E-state index in [-0.39, 0.29) is 0 Å². The van der Waals surface area contributed by atoms with Gasteiger partial charge in [-0.1, -0.05) is 0 Å². The molecule has 0 heterocycles. The van der Waals surface area contributed by atoms with Gasteiger partial charge in [0.25, 0.3) is 0 Å². The first kappa shape index (κ1) is 13.1. The summed E-state index contributed by atoms with van der Waals surface area (Å²) in [6, 6.07) is 15.9. The van der Waals surface area contributed by atoms with Gasteiger partial charge in [-0.3, -0.25) is 0 Å². The molecule has 17 heavy (non-hydrogen) atoms. The topological polar surface area (TPSA) is 0 Å². The van der Waals surface area contributed by atoms with Crippen LogP contribution in [0, 0.1) is 0 Å². The van der Waals surface area contributed by atoms with Gasteiger partial charge < -0.3 is 0 Å². The fourth-order valence-electron chi connectivity index (χ4n) is 1.35. The molecule has 2 rings (SSSR count). The normalized spacial score (nSPS) is 9.53. The quantitative estimate of drug-likeness (QED) is 0.773.